The Hall–Kier alpha value is -1.52. The summed E-state index contributed by atoms with van der Waals surface area (Å²) in [4.78, 5) is 17.2. The summed E-state index contributed by atoms with van der Waals surface area (Å²) in [6.07, 6.45) is 3.27. The molecular weight excluding hydrogens is 170 g/mol. The van der Waals surface area contributed by atoms with Crippen molar-refractivity contribution in [2.45, 2.75) is 19.8 Å². The number of nitrogen functional groups attached to an aromatic ring is 1. The van der Waals surface area contributed by atoms with Gasteiger partial charge >= 0.3 is 0 Å². The molecule has 13 heavy (non-hydrogen) atoms. The van der Waals surface area contributed by atoms with Gasteiger partial charge in [-0.2, -0.15) is 0 Å². The van der Waals surface area contributed by atoms with Crippen LogP contribution in [0.2, 0.25) is 0 Å². The first-order chi connectivity index (χ1) is 6.24. The summed E-state index contributed by atoms with van der Waals surface area (Å²) in [5.74, 6) is 0. The number of nitrogens with two attached hydrogens (primary N) is 1. The van der Waals surface area contributed by atoms with Crippen LogP contribution >= 0.6 is 0 Å². The Labute approximate surface area is 75.9 Å². The van der Waals surface area contributed by atoms with Crippen molar-refractivity contribution in [1.29, 1.82) is 0 Å². The average Bonchev–Trinajstić information content (AvgIpc) is 2.12. The largest absolute Gasteiger partial charge is 0.465 e. The molecule has 5 nitrogen and oxygen atoms in total. The van der Waals surface area contributed by atoms with Crippen molar-refractivity contribution in [1.82, 2.24) is 9.97 Å². The molecule has 3 N–H and O–H groups in total. The summed E-state index contributed by atoms with van der Waals surface area (Å²) in [5, 5.41) is 0. The standard InChI is InChI=1S/C8H13N3O2/c1-2-3-4-13-8-10-5-6(9)7(12)11-8/h5H,2-4,9H2,1H3,(H,10,11,12). The molecule has 0 aliphatic heterocycles. The quantitative estimate of drug-likeness (QED) is 0.667. The molecule has 0 fully saturated rings. The van der Waals surface area contributed by atoms with Crippen molar-refractivity contribution in [2.24, 2.45) is 0 Å². The van der Waals surface area contributed by atoms with Gasteiger partial charge in [0.1, 0.15) is 5.69 Å². The second kappa shape index (κ2) is 4.49. The molecule has 5 heteroatoms. The second-order valence-corrected chi connectivity index (χ2v) is 2.67. The molecule has 0 spiro atoms. The topological polar surface area (TPSA) is 81.0 Å². The van der Waals surface area contributed by atoms with Gasteiger partial charge in [-0.15, -0.1) is 0 Å². The first-order valence-electron chi connectivity index (χ1n) is 4.21. The van der Waals surface area contributed by atoms with Crippen molar-refractivity contribution in [3.63, 3.8) is 0 Å². The zero-order valence-corrected chi connectivity index (χ0v) is 7.54. The van der Waals surface area contributed by atoms with E-state index in [0.29, 0.717) is 6.61 Å². The molecule has 1 aromatic heterocycles. The van der Waals surface area contributed by atoms with Gasteiger partial charge in [0.15, 0.2) is 0 Å². The number of aromatic nitrogens is 2. The monoisotopic (exact) mass is 183 g/mol. The van der Waals surface area contributed by atoms with Crippen LogP contribution in [0, 0.1) is 0 Å². The second-order valence-electron chi connectivity index (χ2n) is 2.67. The lowest BCUT2D eigenvalue weighted by Gasteiger charge is -2.02. The van der Waals surface area contributed by atoms with Gasteiger partial charge < -0.3 is 10.5 Å². The molecule has 0 atom stereocenters. The number of anilines is 1. The highest BCUT2D eigenvalue weighted by atomic mass is 16.5. The summed E-state index contributed by atoms with van der Waals surface area (Å²) < 4.78 is 5.16. The fourth-order valence-corrected chi connectivity index (χ4v) is 0.775. The summed E-state index contributed by atoms with van der Waals surface area (Å²) in [7, 11) is 0. The minimum Gasteiger partial charge on any atom is -0.465 e. The van der Waals surface area contributed by atoms with Gasteiger partial charge in [-0.1, -0.05) is 13.3 Å². The number of H-pyrrole nitrogens is 1. The molecule has 0 saturated heterocycles. The van der Waals surface area contributed by atoms with Gasteiger partial charge in [0.05, 0.1) is 12.8 Å². The fourth-order valence-electron chi connectivity index (χ4n) is 0.775. The highest BCUT2D eigenvalue weighted by Gasteiger charge is 1.98. The Bertz CT molecular complexity index is 321. The third-order valence-corrected chi connectivity index (χ3v) is 1.54. The number of rotatable bonds is 4. The van der Waals surface area contributed by atoms with Crippen LogP contribution in [0.15, 0.2) is 11.0 Å². The van der Waals surface area contributed by atoms with E-state index in [4.69, 9.17) is 10.5 Å². The van der Waals surface area contributed by atoms with E-state index in [9.17, 15) is 4.79 Å². The molecule has 1 aromatic rings. The first kappa shape index (κ1) is 9.57. The highest BCUT2D eigenvalue weighted by Crippen LogP contribution is 1.99. The first-order valence-corrected chi connectivity index (χ1v) is 4.21. The molecule has 0 amide bonds. The number of ether oxygens (including phenoxy) is 1. The molecule has 0 aliphatic rings. The van der Waals surface area contributed by atoms with E-state index in [0.717, 1.165) is 12.8 Å². The summed E-state index contributed by atoms with van der Waals surface area (Å²) >= 11 is 0. The van der Waals surface area contributed by atoms with Gasteiger partial charge in [-0.3, -0.25) is 9.78 Å². The summed E-state index contributed by atoms with van der Waals surface area (Å²) in [5.41, 5.74) is 5.02. The molecule has 72 valence electrons. The van der Waals surface area contributed by atoms with E-state index in [-0.39, 0.29) is 17.3 Å². The lowest BCUT2D eigenvalue weighted by molar-refractivity contribution is 0.284. The molecule has 0 aliphatic carbocycles. The minimum absolute atomic E-state index is 0.0999. The highest BCUT2D eigenvalue weighted by molar-refractivity contribution is 5.31. The van der Waals surface area contributed by atoms with Crippen molar-refractivity contribution in [2.75, 3.05) is 12.3 Å². The predicted molar refractivity (Wildman–Crippen MR) is 49.7 cm³/mol. The van der Waals surface area contributed by atoms with Crippen molar-refractivity contribution >= 4 is 5.69 Å². The van der Waals surface area contributed by atoms with Gasteiger partial charge in [-0.25, -0.2) is 4.98 Å². The van der Waals surface area contributed by atoms with E-state index >= 15 is 0 Å². The van der Waals surface area contributed by atoms with Crippen LogP contribution in [0.3, 0.4) is 0 Å². The van der Waals surface area contributed by atoms with Crippen molar-refractivity contribution in [3.05, 3.63) is 16.6 Å². The molecule has 1 heterocycles. The van der Waals surface area contributed by atoms with E-state index in [2.05, 4.69) is 16.9 Å². The number of aromatic amines is 1. The Balaban J connectivity index is 2.58. The van der Waals surface area contributed by atoms with Crippen LogP contribution in [0.1, 0.15) is 19.8 Å². The average molecular weight is 183 g/mol. The lowest BCUT2D eigenvalue weighted by Crippen LogP contribution is -2.14. The Morgan fingerprint density at radius 3 is 3.08 bits per heavy atom. The van der Waals surface area contributed by atoms with Crippen LogP contribution < -0.4 is 16.0 Å². The van der Waals surface area contributed by atoms with E-state index in [1.54, 1.807) is 0 Å². The zero-order chi connectivity index (χ0) is 9.68. The molecule has 1 rings (SSSR count). The molecule has 0 radical (unpaired) electrons. The van der Waals surface area contributed by atoms with E-state index in [1.165, 1.54) is 6.20 Å². The predicted octanol–water partition coefficient (Wildman–Crippen LogP) is 0.531. The van der Waals surface area contributed by atoms with E-state index < -0.39 is 0 Å². The molecule has 0 aromatic carbocycles. The normalized spacial score (nSPS) is 9.92. The lowest BCUT2D eigenvalue weighted by atomic mass is 10.4. The van der Waals surface area contributed by atoms with E-state index in [1.807, 2.05) is 0 Å². The Kier molecular flexibility index (Phi) is 3.31. The molecule has 0 saturated carbocycles. The number of hydrogen-bond acceptors (Lipinski definition) is 4. The summed E-state index contributed by atoms with van der Waals surface area (Å²) in [6, 6.07) is 0.229. The van der Waals surface area contributed by atoms with Crippen LogP contribution in [-0.4, -0.2) is 16.6 Å². The maximum atomic E-state index is 11.0. The van der Waals surface area contributed by atoms with Crippen molar-refractivity contribution in [3.8, 4) is 6.01 Å². The van der Waals surface area contributed by atoms with Gasteiger partial charge in [0, 0.05) is 0 Å². The third-order valence-electron chi connectivity index (χ3n) is 1.54. The fraction of sp³-hybridized carbons (Fsp3) is 0.500. The Morgan fingerprint density at radius 2 is 2.46 bits per heavy atom. The molecular formula is C8H13N3O2. The number of unbranched alkanes of at least 4 members (excludes halogenated alkanes) is 1. The number of nitrogens with one attached hydrogen (secondary N) is 1. The minimum atomic E-state index is -0.360. The van der Waals surface area contributed by atoms with Gasteiger partial charge in [0.25, 0.3) is 11.6 Å². The van der Waals surface area contributed by atoms with Crippen LogP contribution in [0.25, 0.3) is 0 Å². The van der Waals surface area contributed by atoms with Crippen molar-refractivity contribution < 1.29 is 4.74 Å². The maximum Gasteiger partial charge on any atom is 0.296 e. The van der Waals surface area contributed by atoms with Crippen LogP contribution in [-0.2, 0) is 0 Å². The van der Waals surface area contributed by atoms with Crippen LogP contribution in [0.5, 0.6) is 6.01 Å². The summed E-state index contributed by atoms with van der Waals surface area (Å²) in [6.45, 7) is 2.62. The van der Waals surface area contributed by atoms with Gasteiger partial charge in [-0.05, 0) is 6.42 Å². The maximum absolute atomic E-state index is 11.0. The zero-order valence-electron chi connectivity index (χ0n) is 7.54. The number of hydrogen-bond donors (Lipinski definition) is 2. The molecule has 0 unspecified atom stereocenters. The SMILES string of the molecule is CCCCOc1ncc(N)c(=O)[nH]1. The molecule has 0 bridgehead atoms. The Morgan fingerprint density at radius 1 is 1.69 bits per heavy atom. The van der Waals surface area contributed by atoms with Gasteiger partial charge in [0.2, 0.25) is 0 Å². The number of nitrogens with zero attached hydrogens (tertiary/aromatic N) is 1. The smallest absolute Gasteiger partial charge is 0.296 e. The third kappa shape index (κ3) is 2.77. The van der Waals surface area contributed by atoms with Crippen LogP contribution in [0.4, 0.5) is 5.69 Å².